The van der Waals surface area contributed by atoms with Crippen LogP contribution in [0.15, 0.2) is 47.2 Å². The molecule has 0 N–H and O–H groups in total. The maximum absolute atomic E-state index is 9.33. The van der Waals surface area contributed by atoms with Crippen molar-refractivity contribution in [1.29, 1.82) is 5.26 Å². The largest absolute Gasteiger partial charge is 0.356 e. The lowest BCUT2D eigenvalue weighted by Crippen LogP contribution is -2.51. The molecule has 146 valence electrons. The number of rotatable bonds is 3. The number of fused-ring (bicyclic) bond motifs is 1. The molecule has 2 atom stereocenters. The molecule has 5 rings (SSSR count). The van der Waals surface area contributed by atoms with Gasteiger partial charge in [-0.05, 0) is 25.0 Å². The van der Waals surface area contributed by atoms with Crippen LogP contribution in [0.4, 0.5) is 5.82 Å². The number of nitrogens with zero attached hydrogens (tertiary/aromatic N) is 6. The number of aromatic nitrogens is 3. The molecule has 7 nitrogen and oxygen atoms in total. The van der Waals surface area contributed by atoms with Crippen LogP contribution < -0.4 is 4.90 Å². The number of hydrogen-bond donors (Lipinski definition) is 0. The first kappa shape index (κ1) is 18.1. The summed E-state index contributed by atoms with van der Waals surface area (Å²) in [5, 5.41) is 14.3. The fourth-order valence-electron chi connectivity index (χ4n) is 4.44. The summed E-state index contributed by atoms with van der Waals surface area (Å²) in [4.78, 5) is 13.2. The molecule has 0 bridgehead atoms. The van der Waals surface area contributed by atoms with E-state index in [2.05, 4.69) is 31.0 Å². The summed E-state index contributed by atoms with van der Waals surface area (Å²) >= 11 is 6.30. The molecule has 2 aromatic heterocycles. The van der Waals surface area contributed by atoms with E-state index in [1.807, 2.05) is 30.3 Å². The van der Waals surface area contributed by atoms with Crippen molar-refractivity contribution in [3.8, 4) is 17.4 Å². The van der Waals surface area contributed by atoms with E-state index in [4.69, 9.17) is 16.1 Å². The summed E-state index contributed by atoms with van der Waals surface area (Å²) in [6.07, 6.45) is 5.30. The Morgan fingerprint density at radius 1 is 1.14 bits per heavy atom. The molecule has 1 aromatic carbocycles. The van der Waals surface area contributed by atoms with Crippen LogP contribution in [0, 0.1) is 11.3 Å². The zero-order valence-corrected chi connectivity index (χ0v) is 16.5. The summed E-state index contributed by atoms with van der Waals surface area (Å²) in [5.74, 6) is 1.38. The van der Waals surface area contributed by atoms with Gasteiger partial charge in [0.05, 0.1) is 11.1 Å². The molecule has 8 heteroatoms. The number of halogens is 1. The first-order valence-electron chi connectivity index (χ1n) is 9.68. The average molecular weight is 407 g/mol. The van der Waals surface area contributed by atoms with E-state index in [-0.39, 0.29) is 6.04 Å². The Morgan fingerprint density at radius 3 is 2.86 bits per heavy atom. The van der Waals surface area contributed by atoms with Gasteiger partial charge in [0.1, 0.15) is 11.8 Å². The maximum Gasteiger partial charge on any atom is 0.183 e. The second-order valence-electron chi connectivity index (χ2n) is 7.37. The van der Waals surface area contributed by atoms with Crippen molar-refractivity contribution in [1.82, 2.24) is 20.0 Å². The minimum absolute atomic E-state index is 0.236. The molecule has 2 aliphatic rings. The topological polar surface area (TPSA) is 82.1 Å². The smallest absolute Gasteiger partial charge is 0.183 e. The lowest BCUT2D eigenvalue weighted by molar-refractivity contribution is 0.170. The zero-order chi connectivity index (χ0) is 19.8. The lowest BCUT2D eigenvalue weighted by Gasteiger charge is -2.40. The molecule has 1 unspecified atom stereocenters. The van der Waals surface area contributed by atoms with Crippen LogP contribution in [0.2, 0.25) is 5.02 Å². The quantitative estimate of drug-likeness (QED) is 0.656. The summed E-state index contributed by atoms with van der Waals surface area (Å²) in [6, 6.07) is 12.4. The van der Waals surface area contributed by atoms with Crippen LogP contribution >= 0.6 is 11.6 Å². The monoisotopic (exact) mass is 406 g/mol. The van der Waals surface area contributed by atoms with Crippen molar-refractivity contribution in [2.45, 2.75) is 24.9 Å². The Balaban J connectivity index is 1.34. The molecular formula is C21H19ClN6O. The molecule has 2 fully saturated rings. The molecule has 3 aromatic rings. The van der Waals surface area contributed by atoms with Gasteiger partial charge < -0.3 is 9.42 Å². The van der Waals surface area contributed by atoms with Crippen molar-refractivity contribution in [2.75, 3.05) is 24.5 Å². The molecule has 29 heavy (non-hydrogen) atoms. The second kappa shape index (κ2) is 7.47. The number of benzene rings is 1. The molecular weight excluding hydrogens is 388 g/mol. The van der Waals surface area contributed by atoms with Gasteiger partial charge in [-0.1, -0.05) is 28.9 Å². The lowest BCUT2D eigenvalue weighted by atomic mass is 10.1. The Bertz CT molecular complexity index is 1080. The molecule has 0 amide bonds. The summed E-state index contributed by atoms with van der Waals surface area (Å²) < 4.78 is 5.62. The third-order valence-electron chi connectivity index (χ3n) is 5.80. The van der Waals surface area contributed by atoms with E-state index in [0.29, 0.717) is 28.3 Å². The Hall–Kier alpha value is -2.95. The van der Waals surface area contributed by atoms with E-state index >= 15 is 0 Å². The van der Waals surface area contributed by atoms with Crippen LogP contribution in [-0.2, 0) is 0 Å². The van der Waals surface area contributed by atoms with Gasteiger partial charge in [-0.15, -0.1) is 0 Å². The number of hydrogen-bond acceptors (Lipinski definition) is 7. The van der Waals surface area contributed by atoms with Gasteiger partial charge in [0, 0.05) is 49.7 Å². The van der Waals surface area contributed by atoms with Gasteiger partial charge in [0.15, 0.2) is 17.3 Å². The summed E-state index contributed by atoms with van der Waals surface area (Å²) in [6.45, 7) is 2.51. The summed E-state index contributed by atoms with van der Waals surface area (Å²) in [7, 11) is 0. The standard InChI is InChI=1S/C21H19ClN6O/c22-16-4-2-1-3-15(16)20-11-17(26-29-20)19-6-5-14-13-27(9-10-28(14)19)21-18(12-23)24-7-8-25-21/h1-4,7-8,11,14,19H,5-6,9-10,13H2/t14?,19-/m1/s1. The molecule has 0 spiro atoms. The second-order valence-corrected chi connectivity index (χ2v) is 7.77. The van der Waals surface area contributed by atoms with Crippen LogP contribution in [0.25, 0.3) is 11.3 Å². The fraction of sp³-hybridized carbons (Fsp3) is 0.333. The molecule has 4 heterocycles. The SMILES string of the molecule is N#Cc1nccnc1N1CCN2C(CC[C@@H]2c2cc(-c3ccccc3Cl)on2)C1. The van der Waals surface area contributed by atoms with Crippen molar-refractivity contribution in [2.24, 2.45) is 0 Å². The molecule has 2 saturated heterocycles. The highest BCUT2D eigenvalue weighted by atomic mass is 35.5. The number of anilines is 1. The zero-order valence-electron chi connectivity index (χ0n) is 15.7. The normalized spacial score (nSPS) is 21.7. The number of nitriles is 1. The van der Waals surface area contributed by atoms with Crippen LogP contribution in [-0.4, -0.2) is 45.7 Å². The molecule has 0 saturated carbocycles. The summed E-state index contributed by atoms with van der Waals surface area (Å²) in [5.41, 5.74) is 2.20. The molecule has 0 radical (unpaired) electrons. The minimum Gasteiger partial charge on any atom is -0.356 e. The predicted molar refractivity (Wildman–Crippen MR) is 108 cm³/mol. The highest BCUT2D eigenvalue weighted by Gasteiger charge is 2.40. The first-order valence-corrected chi connectivity index (χ1v) is 10.1. The van der Waals surface area contributed by atoms with Crippen molar-refractivity contribution >= 4 is 17.4 Å². The number of piperazine rings is 1. The van der Waals surface area contributed by atoms with Crippen molar-refractivity contribution in [3.63, 3.8) is 0 Å². The van der Waals surface area contributed by atoms with Gasteiger partial charge >= 0.3 is 0 Å². The van der Waals surface area contributed by atoms with E-state index in [9.17, 15) is 5.26 Å². The fourth-order valence-corrected chi connectivity index (χ4v) is 4.67. The van der Waals surface area contributed by atoms with Gasteiger partial charge in [-0.3, -0.25) is 4.90 Å². The van der Waals surface area contributed by atoms with Crippen molar-refractivity contribution in [3.05, 3.63) is 59.1 Å². The van der Waals surface area contributed by atoms with Gasteiger partial charge in [-0.2, -0.15) is 5.26 Å². The molecule has 0 aliphatic carbocycles. The van der Waals surface area contributed by atoms with E-state index in [1.165, 1.54) is 0 Å². The van der Waals surface area contributed by atoms with Crippen molar-refractivity contribution < 1.29 is 4.52 Å². The third kappa shape index (κ3) is 3.24. The maximum atomic E-state index is 9.33. The third-order valence-corrected chi connectivity index (χ3v) is 6.12. The minimum atomic E-state index is 0.236. The highest BCUT2D eigenvalue weighted by molar-refractivity contribution is 6.33. The van der Waals surface area contributed by atoms with Crippen LogP contribution in [0.3, 0.4) is 0 Å². The van der Waals surface area contributed by atoms with Gasteiger partial charge in [-0.25, -0.2) is 9.97 Å². The Morgan fingerprint density at radius 2 is 2.00 bits per heavy atom. The van der Waals surface area contributed by atoms with E-state index in [1.54, 1.807) is 12.4 Å². The average Bonchev–Trinajstić information content (AvgIpc) is 3.40. The predicted octanol–water partition coefficient (Wildman–Crippen LogP) is 3.68. The van der Waals surface area contributed by atoms with E-state index < -0.39 is 0 Å². The van der Waals surface area contributed by atoms with Crippen LogP contribution in [0.1, 0.15) is 30.3 Å². The Kier molecular flexibility index (Phi) is 4.66. The highest BCUT2D eigenvalue weighted by Crippen LogP contribution is 2.39. The van der Waals surface area contributed by atoms with Gasteiger partial charge in [0.2, 0.25) is 0 Å². The van der Waals surface area contributed by atoms with E-state index in [0.717, 1.165) is 43.7 Å². The van der Waals surface area contributed by atoms with Crippen LogP contribution in [0.5, 0.6) is 0 Å². The first-order chi connectivity index (χ1) is 14.2. The van der Waals surface area contributed by atoms with Gasteiger partial charge in [0.25, 0.3) is 0 Å². The Labute approximate surface area is 173 Å². The molecule has 2 aliphatic heterocycles.